The summed E-state index contributed by atoms with van der Waals surface area (Å²) in [6.45, 7) is 4.58. The van der Waals surface area contributed by atoms with Crippen molar-refractivity contribution in [1.29, 1.82) is 0 Å². The largest absolute Gasteiger partial charge is 0.408 e. The predicted molar refractivity (Wildman–Crippen MR) is 67.7 cm³/mol. The first-order valence-electron chi connectivity index (χ1n) is 5.37. The molecule has 0 atom stereocenters. The van der Waals surface area contributed by atoms with E-state index in [-0.39, 0.29) is 0 Å². The van der Waals surface area contributed by atoms with Crippen LogP contribution in [-0.4, -0.2) is 21.7 Å². The van der Waals surface area contributed by atoms with Crippen LogP contribution in [0.4, 0.5) is 6.01 Å². The van der Waals surface area contributed by atoms with Crippen molar-refractivity contribution in [3.8, 4) is 0 Å². The molecular formula is C10H13ClN4OS. The van der Waals surface area contributed by atoms with E-state index in [4.69, 9.17) is 16.0 Å². The van der Waals surface area contributed by atoms with Crippen LogP contribution in [0.15, 0.2) is 4.42 Å². The lowest BCUT2D eigenvalue weighted by atomic mass is 10.4. The van der Waals surface area contributed by atoms with E-state index in [0.717, 1.165) is 27.9 Å². The van der Waals surface area contributed by atoms with Crippen molar-refractivity contribution in [2.24, 2.45) is 0 Å². The fourth-order valence-corrected chi connectivity index (χ4v) is 2.38. The lowest BCUT2D eigenvalue weighted by Gasteiger charge is -1.97. The molecule has 1 N–H and O–H groups in total. The van der Waals surface area contributed by atoms with Crippen molar-refractivity contribution in [2.45, 2.75) is 26.7 Å². The number of nitrogens with one attached hydrogen (secondary N) is 1. The number of thiazole rings is 1. The quantitative estimate of drug-likeness (QED) is 0.907. The smallest absolute Gasteiger partial charge is 0.315 e. The summed E-state index contributed by atoms with van der Waals surface area (Å²) in [5.74, 6) is 0.639. The van der Waals surface area contributed by atoms with Gasteiger partial charge in [0.1, 0.15) is 4.34 Å². The monoisotopic (exact) mass is 272 g/mol. The van der Waals surface area contributed by atoms with E-state index in [1.165, 1.54) is 11.3 Å². The maximum Gasteiger partial charge on any atom is 0.315 e. The van der Waals surface area contributed by atoms with Gasteiger partial charge in [0.2, 0.25) is 5.89 Å². The van der Waals surface area contributed by atoms with Gasteiger partial charge >= 0.3 is 6.01 Å². The number of halogens is 1. The van der Waals surface area contributed by atoms with Crippen LogP contribution < -0.4 is 5.32 Å². The van der Waals surface area contributed by atoms with E-state index in [1.54, 1.807) is 0 Å². The topological polar surface area (TPSA) is 63.8 Å². The molecule has 2 aromatic heterocycles. The highest BCUT2D eigenvalue weighted by atomic mass is 35.5. The van der Waals surface area contributed by atoms with E-state index in [0.29, 0.717) is 18.5 Å². The molecule has 0 fully saturated rings. The van der Waals surface area contributed by atoms with Crippen LogP contribution in [0.3, 0.4) is 0 Å². The van der Waals surface area contributed by atoms with Crippen LogP contribution in [0.5, 0.6) is 0 Å². The van der Waals surface area contributed by atoms with Gasteiger partial charge in [-0.1, -0.05) is 23.6 Å². The van der Waals surface area contributed by atoms with E-state index >= 15 is 0 Å². The van der Waals surface area contributed by atoms with E-state index in [2.05, 4.69) is 20.5 Å². The second-order valence-electron chi connectivity index (χ2n) is 3.50. The molecule has 0 spiro atoms. The number of aryl methyl sites for hydroxylation is 2. The van der Waals surface area contributed by atoms with Gasteiger partial charge in [0.25, 0.3) is 0 Å². The Hall–Kier alpha value is -1.14. The third-order valence-corrected chi connectivity index (χ3v) is 3.68. The average Bonchev–Trinajstić information content (AvgIpc) is 2.87. The Morgan fingerprint density at radius 2 is 2.24 bits per heavy atom. The summed E-state index contributed by atoms with van der Waals surface area (Å²) in [5, 5.41) is 11.8. The molecule has 0 aliphatic heterocycles. The molecule has 2 rings (SSSR count). The van der Waals surface area contributed by atoms with Gasteiger partial charge in [-0.25, -0.2) is 4.98 Å². The molecule has 0 bridgehead atoms. The van der Waals surface area contributed by atoms with E-state index in [9.17, 15) is 0 Å². The van der Waals surface area contributed by atoms with Crippen LogP contribution in [0, 0.1) is 6.92 Å². The van der Waals surface area contributed by atoms with Gasteiger partial charge in [0.05, 0.1) is 10.7 Å². The van der Waals surface area contributed by atoms with Crippen molar-refractivity contribution in [1.82, 2.24) is 15.2 Å². The van der Waals surface area contributed by atoms with Gasteiger partial charge in [0.15, 0.2) is 0 Å². The molecule has 17 heavy (non-hydrogen) atoms. The van der Waals surface area contributed by atoms with Crippen LogP contribution in [0.2, 0.25) is 4.34 Å². The van der Waals surface area contributed by atoms with Gasteiger partial charge in [0, 0.05) is 19.4 Å². The number of anilines is 1. The van der Waals surface area contributed by atoms with Crippen LogP contribution in [0.25, 0.3) is 0 Å². The Balaban J connectivity index is 1.83. The Kier molecular flexibility index (Phi) is 3.96. The number of hydrogen-bond acceptors (Lipinski definition) is 6. The maximum atomic E-state index is 5.94. The molecule has 2 heterocycles. The molecule has 0 aliphatic carbocycles. The molecular weight excluding hydrogens is 260 g/mol. The van der Waals surface area contributed by atoms with Gasteiger partial charge < -0.3 is 9.73 Å². The number of nitrogens with zero attached hydrogens (tertiary/aromatic N) is 3. The molecule has 0 aromatic carbocycles. The number of rotatable bonds is 5. The fraction of sp³-hybridized carbons (Fsp3) is 0.500. The molecule has 2 aromatic rings. The minimum Gasteiger partial charge on any atom is -0.408 e. The lowest BCUT2D eigenvalue weighted by Crippen LogP contribution is -2.04. The highest BCUT2D eigenvalue weighted by Gasteiger charge is 2.06. The third-order valence-electron chi connectivity index (χ3n) is 2.17. The van der Waals surface area contributed by atoms with Crippen molar-refractivity contribution in [3.05, 3.63) is 20.9 Å². The van der Waals surface area contributed by atoms with E-state index < -0.39 is 0 Å². The summed E-state index contributed by atoms with van der Waals surface area (Å²) in [5.41, 5.74) is 0.887. The Labute approximate surface area is 108 Å². The summed E-state index contributed by atoms with van der Waals surface area (Å²) >= 11 is 7.45. The molecule has 5 nitrogen and oxygen atoms in total. The van der Waals surface area contributed by atoms with Crippen LogP contribution >= 0.6 is 22.9 Å². The molecule has 0 saturated heterocycles. The highest BCUT2D eigenvalue weighted by Crippen LogP contribution is 2.23. The van der Waals surface area contributed by atoms with Gasteiger partial charge in [-0.2, -0.15) is 0 Å². The van der Waals surface area contributed by atoms with Gasteiger partial charge in [-0.05, 0) is 6.92 Å². The van der Waals surface area contributed by atoms with Crippen LogP contribution in [0.1, 0.15) is 23.5 Å². The zero-order chi connectivity index (χ0) is 12.3. The minimum absolute atomic E-state index is 0.459. The lowest BCUT2D eigenvalue weighted by molar-refractivity contribution is 0.511. The summed E-state index contributed by atoms with van der Waals surface area (Å²) in [7, 11) is 0. The molecule has 7 heteroatoms. The number of hydrogen-bond donors (Lipinski definition) is 1. The number of aromatic nitrogens is 3. The SMILES string of the molecule is CCc1nnc(NCCc2nc(C)c(Cl)s2)o1. The Morgan fingerprint density at radius 1 is 1.41 bits per heavy atom. The zero-order valence-electron chi connectivity index (χ0n) is 9.66. The fourth-order valence-electron chi connectivity index (χ4n) is 1.28. The Bertz CT molecular complexity index is 477. The normalized spacial score (nSPS) is 10.8. The first kappa shape index (κ1) is 12.3. The molecule has 0 aliphatic rings. The summed E-state index contributed by atoms with van der Waals surface area (Å²) < 4.78 is 6.08. The minimum atomic E-state index is 0.459. The first-order valence-corrected chi connectivity index (χ1v) is 6.56. The van der Waals surface area contributed by atoms with Gasteiger partial charge in [-0.3, -0.25) is 0 Å². The second-order valence-corrected chi connectivity index (χ2v) is 5.18. The molecule has 0 unspecified atom stereocenters. The summed E-state index contributed by atoms with van der Waals surface area (Å²) in [4.78, 5) is 4.34. The summed E-state index contributed by atoms with van der Waals surface area (Å²) in [6.07, 6.45) is 1.54. The van der Waals surface area contributed by atoms with Crippen molar-refractivity contribution in [3.63, 3.8) is 0 Å². The summed E-state index contributed by atoms with van der Waals surface area (Å²) in [6, 6.07) is 0.459. The highest BCUT2D eigenvalue weighted by molar-refractivity contribution is 7.16. The molecule has 92 valence electrons. The van der Waals surface area contributed by atoms with Crippen molar-refractivity contribution >= 4 is 29.0 Å². The standard InChI is InChI=1S/C10H13ClN4OS/c1-3-7-14-15-10(16-7)12-5-4-8-13-6(2)9(11)17-8/h3-5H2,1-2H3,(H,12,15). The van der Waals surface area contributed by atoms with Crippen molar-refractivity contribution in [2.75, 3.05) is 11.9 Å². The first-order chi connectivity index (χ1) is 8.19. The van der Waals surface area contributed by atoms with Gasteiger partial charge in [-0.15, -0.1) is 16.4 Å². The van der Waals surface area contributed by atoms with Crippen LogP contribution in [-0.2, 0) is 12.8 Å². The second kappa shape index (κ2) is 5.46. The maximum absolute atomic E-state index is 5.94. The predicted octanol–water partition coefficient (Wildman–Crippen LogP) is 2.70. The average molecular weight is 273 g/mol. The Morgan fingerprint density at radius 3 is 2.82 bits per heavy atom. The molecule has 0 amide bonds. The zero-order valence-corrected chi connectivity index (χ0v) is 11.2. The molecule has 0 radical (unpaired) electrons. The third kappa shape index (κ3) is 3.17. The van der Waals surface area contributed by atoms with Crippen molar-refractivity contribution < 1.29 is 4.42 Å². The van der Waals surface area contributed by atoms with E-state index in [1.807, 2.05) is 13.8 Å². The molecule has 0 saturated carbocycles.